The van der Waals surface area contributed by atoms with Crippen molar-refractivity contribution in [3.63, 3.8) is 0 Å². The van der Waals surface area contributed by atoms with Gasteiger partial charge in [-0.25, -0.2) is 0 Å². The van der Waals surface area contributed by atoms with E-state index in [2.05, 4.69) is 61.5 Å². The molecular formula is C16H27N3. The highest BCUT2D eigenvalue weighted by atomic mass is 15.1. The number of piperidine rings is 1. The summed E-state index contributed by atoms with van der Waals surface area (Å²) in [4.78, 5) is 4.41. The predicted molar refractivity (Wildman–Crippen MR) is 84.4 cm³/mol. The van der Waals surface area contributed by atoms with Gasteiger partial charge in [-0.3, -0.25) is 0 Å². The van der Waals surface area contributed by atoms with Gasteiger partial charge in [0.05, 0.1) is 0 Å². The van der Waals surface area contributed by atoms with E-state index >= 15 is 0 Å². The molecule has 1 aliphatic rings. The standard InChI is InChI=1S/C16H27N3/c1-18(2)15-6-5-14(16(12-15)19(3)4)11-13-7-9-17-10-8-13/h5-6,12-13,17H,7-11H2,1-4H3. The lowest BCUT2D eigenvalue weighted by atomic mass is 9.90. The Bertz CT molecular complexity index is 406. The summed E-state index contributed by atoms with van der Waals surface area (Å²) >= 11 is 0. The fourth-order valence-corrected chi connectivity index (χ4v) is 2.82. The first-order chi connectivity index (χ1) is 9.08. The molecule has 0 amide bonds. The van der Waals surface area contributed by atoms with Gasteiger partial charge < -0.3 is 15.1 Å². The van der Waals surface area contributed by atoms with E-state index in [0.717, 1.165) is 5.92 Å². The molecule has 0 aromatic heterocycles. The number of nitrogens with one attached hydrogen (secondary N) is 1. The zero-order valence-electron chi connectivity index (χ0n) is 12.7. The number of rotatable bonds is 4. The Kier molecular flexibility index (Phi) is 4.70. The van der Waals surface area contributed by atoms with E-state index in [9.17, 15) is 0 Å². The molecular weight excluding hydrogens is 234 g/mol. The number of benzene rings is 1. The molecule has 1 heterocycles. The predicted octanol–water partition coefficient (Wildman–Crippen LogP) is 2.36. The van der Waals surface area contributed by atoms with E-state index in [1.165, 1.54) is 49.3 Å². The van der Waals surface area contributed by atoms with Crippen LogP contribution in [0, 0.1) is 5.92 Å². The first-order valence-corrected chi connectivity index (χ1v) is 7.26. The van der Waals surface area contributed by atoms with Crippen LogP contribution >= 0.6 is 0 Å². The molecule has 0 atom stereocenters. The molecule has 0 radical (unpaired) electrons. The highest BCUT2D eigenvalue weighted by Crippen LogP contribution is 2.29. The average Bonchev–Trinajstić information content (AvgIpc) is 2.39. The van der Waals surface area contributed by atoms with Crippen LogP contribution in [0.2, 0.25) is 0 Å². The van der Waals surface area contributed by atoms with Crippen molar-refractivity contribution in [3.05, 3.63) is 23.8 Å². The van der Waals surface area contributed by atoms with Gasteiger partial charge in [0.1, 0.15) is 0 Å². The quantitative estimate of drug-likeness (QED) is 0.897. The van der Waals surface area contributed by atoms with Gasteiger partial charge in [0, 0.05) is 39.6 Å². The molecule has 0 spiro atoms. The molecule has 2 rings (SSSR count). The van der Waals surface area contributed by atoms with E-state index in [1.54, 1.807) is 0 Å². The third kappa shape index (κ3) is 3.63. The third-order valence-corrected chi connectivity index (χ3v) is 4.03. The summed E-state index contributed by atoms with van der Waals surface area (Å²) < 4.78 is 0. The van der Waals surface area contributed by atoms with Gasteiger partial charge in [0.15, 0.2) is 0 Å². The van der Waals surface area contributed by atoms with Crippen molar-refractivity contribution in [2.75, 3.05) is 51.1 Å². The SMILES string of the molecule is CN(C)c1ccc(CC2CCNCC2)c(N(C)C)c1. The molecule has 1 aromatic rings. The topological polar surface area (TPSA) is 18.5 Å². The number of hydrogen-bond acceptors (Lipinski definition) is 3. The Morgan fingerprint density at radius 2 is 1.74 bits per heavy atom. The number of anilines is 2. The number of hydrogen-bond donors (Lipinski definition) is 1. The van der Waals surface area contributed by atoms with Crippen LogP contribution in [0.5, 0.6) is 0 Å². The lowest BCUT2D eigenvalue weighted by Crippen LogP contribution is -2.29. The Hall–Kier alpha value is -1.22. The Balaban J connectivity index is 2.18. The van der Waals surface area contributed by atoms with Crippen molar-refractivity contribution < 1.29 is 0 Å². The molecule has 3 heteroatoms. The maximum atomic E-state index is 3.44. The zero-order valence-corrected chi connectivity index (χ0v) is 12.7. The molecule has 1 N–H and O–H groups in total. The maximum Gasteiger partial charge on any atom is 0.0414 e. The molecule has 0 saturated carbocycles. The van der Waals surface area contributed by atoms with Gasteiger partial charge in [0.2, 0.25) is 0 Å². The zero-order chi connectivity index (χ0) is 13.8. The lowest BCUT2D eigenvalue weighted by Gasteiger charge is -2.26. The molecule has 106 valence electrons. The van der Waals surface area contributed by atoms with Gasteiger partial charge in [0.25, 0.3) is 0 Å². The van der Waals surface area contributed by atoms with Gasteiger partial charge in [-0.2, -0.15) is 0 Å². The smallest absolute Gasteiger partial charge is 0.0414 e. The van der Waals surface area contributed by atoms with Crippen LogP contribution < -0.4 is 15.1 Å². The molecule has 0 aliphatic carbocycles. The third-order valence-electron chi connectivity index (χ3n) is 4.03. The summed E-state index contributed by atoms with van der Waals surface area (Å²) in [7, 11) is 8.48. The molecule has 0 unspecified atom stereocenters. The summed E-state index contributed by atoms with van der Waals surface area (Å²) in [6, 6.07) is 6.85. The van der Waals surface area contributed by atoms with E-state index in [-0.39, 0.29) is 0 Å². The molecule has 1 fully saturated rings. The highest BCUT2D eigenvalue weighted by molar-refractivity contribution is 5.63. The van der Waals surface area contributed by atoms with E-state index in [4.69, 9.17) is 0 Å². The van der Waals surface area contributed by atoms with Gasteiger partial charge in [-0.1, -0.05) is 6.07 Å². The van der Waals surface area contributed by atoms with Crippen LogP contribution in [0.25, 0.3) is 0 Å². The summed E-state index contributed by atoms with van der Waals surface area (Å²) in [6.07, 6.45) is 3.83. The molecule has 1 saturated heterocycles. The molecule has 1 aromatic carbocycles. The Morgan fingerprint density at radius 3 is 2.32 bits per heavy atom. The first-order valence-electron chi connectivity index (χ1n) is 7.26. The summed E-state index contributed by atoms with van der Waals surface area (Å²) in [6.45, 7) is 2.36. The molecule has 0 bridgehead atoms. The second-order valence-corrected chi connectivity index (χ2v) is 6.00. The van der Waals surface area contributed by atoms with Crippen molar-refractivity contribution >= 4 is 11.4 Å². The average molecular weight is 261 g/mol. The van der Waals surface area contributed by atoms with Crippen LogP contribution in [0.1, 0.15) is 18.4 Å². The molecule has 1 aliphatic heterocycles. The minimum atomic E-state index is 0.838. The van der Waals surface area contributed by atoms with Crippen molar-refractivity contribution in [3.8, 4) is 0 Å². The van der Waals surface area contributed by atoms with Crippen LogP contribution in [-0.2, 0) is 6.42 Å². The van der Waals surface area contributed by atoms with Crippen LogP contribution in [0.4, 0.5) is 11.4 Å². The first kappa shape index (κ1) is 14.2. The molecule has 3 nitrogen and oxygen atoms in total. The minimum absolute atomic E-state index is 0.838. The van der Waals surface area contributed by atoms with E-state index < -0.39 is 0 Å². The van der Waals surface area contributed by atoms with Gasteiger partial charge in [-0.05, 0) is 56.0 Å². The second kappa shape index (κ2) is 6.29. The minimum Gasteiger partial charge on any atom is -0.378 e. The van der Waals surface area contributed by atoms with Gasteiger partial charge >= 0.3 is 0 Å². The monoisotopic (exact) mass is 261 g/mol. The van der Waals surface area contributed by atoms with Crippen molar-refractivity contribution in [1.29, 1.82) is 0 Å². The lowest BCUT2D eigenvalue weighted by molar-refractivity contribution is 0.373. The normalized spacial score (nSPS) is 16.4. The summed E-state index contributed by atoms with van der Waals surface area (Å²) in [5, 5.41) is 3.44. The highest BCUT2D eigenvalue weighted by Gasteiger charge is 2.16. The summed E-state index contributed by atoms with van der Waals surface area (Å²) in [5.74, 6) is 0.838. The van der Waals surface area contributed by atoms with Crippen molar-refractivity contribution in [2.45, 2.75) is 19.3 Å². The van der Waals surface area contributed by atoms with E-state index in [1.807, 2.05) is 0 Å². The van der Waals surface area contributed by atoms with Crippen LogP contribution in [0.15, 0.2) is 18.2 Å². The largest absolute Gasteiger partial charge is 0.378 e. The van der Waals surface area contributed by atoms with Crippen molar-refractivity contribution in [2.24, 2.45) is 5.92 Å². The van der Waals surface area contributed by atoms with Crippen molar-refractivity contribution in [1.82, 2.24) is 5.32 Å². The number of nitrogens with zero attached hydrogens (tertiary/aromatic N) is 2. The summed E-state index contributed by atoms with van der Waals surface area (Å²) in [5.41, 5.74) is 4.13. The fraction of sp³-hybridized carbons (Fsp3) is 0.625. The maximum absolute atomic E-state index is 3.44. The second-order valence-electron chi connectivity index (χ2n) is 6.00. The van der Waals surface area contributed by atoms with Crippen LogP contribution in [-0.4, -0.2) is 41.3 Å². The van der Waals surface area contributed by atoms with Crippen LogP contribution in [0.3, 0.4) is 0 Å². The molecule has 19 heavy (non-hydrogen) atoms. The van der Waals surface area contributed by atoms with Gasteiger partial charge in [-0.15, -0.1) is 0 Å². The fourth-order valence-electron chi connectivity index (χ4n) is 2.82. The Labute approximate surface area is 117 Å². The van der Waals surface area contributed by atoms with E-state index in [0.29, 0.717) is 0 Å². The Morgan fingerprint density at radius 1 is 1.05 bits per heavy atom.